The van der Waals surface area contributed by atoms with Gasteiger partial charge in [-0.3, -0.25) is 19.4 Å². The van der Waals surface area contributed by atoms with Gasteiger partial charge >= 0.3 is 0 Å². The number of carbonyl (C=O) groups is 2. The molecule has 2 amide bonds. The van der Waals surface area contributed by atoms with Crippen LogP contribution in [-0.2, 0) is 14.3 Å². The van der Waals surface area contributed by atoms with E-state index in [9.17, 15) is 18.4 Å². The Morgan fingerprint density at radius 3 is 2.46 bits per heavy atom. The summed E-state index contributed by atoms with van der Waals surface area (Å²) in [5.41, 5.74) is -0.506. The van der Waals surface area contributed by atoms with E-state index >= 15 is 0 Å². The van der Waals surface area contributed by atoms with Gasteiger partial charge in [0.25, 0.3) is 0 Å². The Balaban J connectivity index is 1.90. The highest BCUT2D eigenvalue weighted by Gasteiger charge is 2.22. The summed E-state index contributed by atoms with van der Waals surface area (Å²) in [6.45, 7) is 4.71. The zero-order chi connectivity index (χ0) is 17.5. The van der Waals surface area contributed by atoms with Gasteiger partial charge in [-0.05, 0) is 12.1 Å². The van der Waals surface area contributed by atoms with Crippen LogP contribution in [0.15, 0.2) is 18.2 Å². The van der Waals surface area contributed by atoms with Crippen molar-refractivity contribution in [2.75, 3.05) is 50.8 Å². The number of nitrogens with one attached hydrogen (secondary N) is 1. The van der Waals surface area contributed by atoms with E-state index in [4.69, 9.17) is 4.74 Å². The second-order valence-corrected chi connectivity index (χ2v) is 5.48. The van der Waals surface area contributed by atoms with Gasteiger partial charge in [0.2, 0.25) is 11.8 Å². The van der Waals surface area contributed by atoms with E-state index in [0.717, 1.165) is 37.0 Å². The highest BCUT2D eigenvalue weighted by Crippen LogP contribution is 2.23. The van der Waals surface area contributed by atoms with Crippen LogP contribution in [0.25, 0.3) is 0 Å². The Morgan fingerprint density at radius 1 is 1.25 bits per heavy atom. The molecule has 1 saturated heterocycles. The van der Waals surface area contributed by atoms with Crippen LogP contribution in [0.5, 0.6) is 0 Å². The number of hydrogen-bond acceptors (Lipinski definition) is 4. The molecule has 24 heavy (non-hydrogen) atoms. The van der Waals surface area contributed by atoms with Crippen molar-refractivity contribution >= 4 is 17.5 Å². The molecule has 0 aliphatic carbocycles. The Hall–Kier alpha value is -2.06. The van der Waals surface area contributed by atoms with E-state index in [1.165, 1.54) is 6.07 Å². The second kappa shape index (κ2) is 8.70. The van der Waals surface area contributed by atoms with Crippen molar-refractivity contribution in [1.82, 2.24) is 10.2 Å². The van der Waals surface area contributed by atoms with Gasteiger partial charge in [-0.2, -0.15) is 0 Å². The predicted octanol–water partition coefficient (Wildman–Crippen LogP) is 0.766. The van der Waals surface area contributed by atoms with Gasteiger partial charge in [0.05, 0.1) is 13.2 Å². The average molecular weight is 341 g/mol. The van der Waals surface area contributed by atoms with Crippen LogP contribution < -0.4 is 10.2 Å². The SMILES string of the molecule is CC(=O)N(CC(=O)NCCN1CCOCC1)c1c(F)cccc1F. The highest BCUT2D eigenvalue weighted by atomic mass is 19.1. The molecule has 1 heterocycles. The molecule has 0 bridgehead atoms. The van der Waals surface area contributed by atoms with Crippen LogP contribution in [0.2, 0.25) is 0 Å². The lowest BCUT2D eigenvalue weighted by Gasteiger charge is -2.26. The molecule has 1 aliphatic rings. The van der Waals surface area contributed by atoms with E-state index < -0.39 is 35.7 Å². The number of carbonyl (C=O) groups excluding carboxylic acids is 2. The summed E-state index contributed by atoms with van der Waals surface area (Å²) < 4.78 is 32.9. The minimum absolute atomic E-state index is 0.393. The summed E-state index contributed by atoms with van der Waals surface area (Å²) in [6, 6.07) is 3.30. The standard InChI is InChI=1S/C16H21F2N3O3/c1-12(22)21(16-13(17)3-2-4-14(16)18)11-15(23)19-5-6-20-7-9-24-10-8-20/h2-4H,5-11H2,1H3,(H,19,23). The topological polar surface area (TPSA) is 61.9 Å². The third-order valence-electron chi connectivity index (χ3n) is 3.74. The van der Waals surface area contributed by atoms with Gasteiger partial charge in [0.1, 0.15) is 23.9 Å². The lowest BCUT2D eigenvalue weighted by Crippen LogP contribution is -2.44. The van der Waals surface area contributed by atoms with E-state index in [-0.39, 0.29) is 0 Å². The van der Waals surface area contributed by atoms with E-state index in [1.807, 2.05) is 0 Å². The maximum atomic E-state index is 13.8. The van der Waals surface area contributed by atoms with Gasteiger partial charge < -0.3 is 10.1 Å². The summed E-state index contributed by atoms with van der Waals surface area (Å²) >= 11 is 0. The number of morpholine rings is 1. The van der Waals surface area contributed by atoms with Crippen molar-refractivity contribution in [1.29, 1.82) is 0 Å². The fourth-order valence-electron chi connectivity index (χ4n) is 2.47. The van der Waals surface area contributed by atoms with Crippen molar-refractivity contribution in [3.63, 3.8) is 0 Å². The number of halogens is 2. The minimum atomic E-state index is -0.883. The summed E-state index contributed by atoms with van der Waals surface area (Å²) in [5.74, 6) is -2.85. The lowest BCUT2D eigenvalue weighted by molar-refractivity contribution is -0.123. The third kappa shape index (κ3) is 4.97. The van der Waals surface area contributed by atoms with Crippen molar-refractivity contribution < 1.29 is 23.1 Å². The Bertz CT molecular complexity index is 572. The van der Waals surface area contributed by atoms with Crippen molar-refractivity contribution in [2.24, 2.45) is 0 Å². The number of ether oxygens (including phenoxy) is 1. The fraction of sp³-hybridized carbons (Fsp3) is 0.500. The van der Waals surface area contributed by atoms with Crippen LogP contribution in [0.4, 0.5) is 14.5 Å². The number of anilines is 1. The van der Waals surface area contributed by atoms with Crippen LogP contribution in [0, 0.1) is 11.6 Å². The second-order valence-electron chi connectivity index (χ2n) is 5.48. The molecular weight excluding hydrogens is 320 g/mol. The molecular formula is C16H21F2N3O3. The maximum Gasteiger partial charge on any atom is 0.240 e. The van der Waals surface area contributed by atoms with E-state index in [1.54, 1.807) is 0 Å². The molecule has 0 spiro atoms. The summed E-state index contributed by atoms with van der Waals surface area (Å²) in [6.07, 6.45) is 0. The fourth-order valence-corrected chi connectivity index (χ4v) is 2.47. The van der Waals surface area contributed by atoms with Crippen LogP contribution >= 0.6 is 0 Å². The van der Waals surface area contributed by atoms with Gasteiger partial charge in [0.15, 0.2) is 0 Å². The zero-order valence-electron chi connectivity index (χ0n) is 13.6. The van der Waals surface area contributed by atoms with Crippen molar-refractivity contribution in [3.05, 3.63) is 29.8 Å². The summed E-state index contributed by atoms with van der Waals surface area (Å²) in [5, 5.41) is 2.66. The number of benzene rings is 1. The molecule has 1 N–H and O–H groups in total. The normalized spacial score (nSPS) is 15.1. The molecule has 0 atom stereocenters. The number of nitrogens with zero attached hydrogens (tertiary/aromatic N) is 2. The van der Waals surface area contributed by atoms with Gasteiger partial charge in [0, 0.05) is 33.1 Å². The highest BCUT2D eigenvalue weighted by molar-refractivity contribution is 5.97. The number of hydrogen-bond donors (Lipinski definition) is 1. The quantitative estimate of drug-likeness (QED) is 0.830. The van der Waals surface area contributed by atoms with E-state index in [0.29, 0.717) is 26.3 Å². The number of amides is 2. The molecule has 0 radical (unpaired) electrons. The molecule has 1 aromatic rings. The molecule has 8 heteroatoms. The minimum Gasteiger partial charge on any atom is -0.379 e. The molecule has 0 saturated carbocycles. The summed E-state index contributed by atoms with van der Waals surface area (Å²) in [7, 11) is 0. The van der Waals surface area contributed by atoms with Crippen LogP contribution in [-0.4, -0.2) is 62.7 Å². The molecule has 1 fully saturated rings. The van der Waals surface area contributed by atoms with Crippen molar-refractivity contribution in [3.8, 4) is 0 Å². The Morgan fingerprint density at radius 2 is 1.88 bits per heavy atom. The molecule has 1 aromatic carbocycles. The van der Waals surface area contributed by atoms with Gasteiger partial charge in [-0.25, -0.2) is 8.78 Å². The molecule has 6 nitrogen and oxygen atoms in total. The molecule has 0 unspecified atom stereocenters. The Kier molecular flexibility index (Phi) is 6.62. The zero-order valence-corrected chi connectivity index (χ0v) is 13.6. The van der Waals surface area contributed by atoms with Crippen LogP contribution in [0.1, 0.15) is 6.92 Å². The maximum absolute atomic E-state index is 13.8. The molecule has 0 aromatic heterocycles. The first-order valence-corrected chi connectivity index (χ1v) is 7.78. The third-order valence-corrected chi connectivity index (χ3v) is 3.74. The largest absolute Gasteiger partial charge is 0.379 e. The predicted molar refractivity (Wildman–Crippen MR) is 84.7 cm³/mol. The Labute approximate surface area is 139 Å². The van der Waals surface area contributed by atoms with Gasteiger partial charge in [-0.15, -0.1) is 0 Å². The molecule has 2 rings (SSSR count). The first-order chi connectivity index (χ1) is 11.5. The monoisotopic (exact) mass is 341 g/mol. The molecule has 1 aliphatic heterocycles. The number of para-hydroxylation sites is 1. The summed E-state index contributed by atoms with van der Waals surface area (Å²) in [4.78, 5) is 26.6. The smallest absolute Gasteiger partial charge is 0.240 e. The van der Waals surface area contributed by atoms with Crippen LogP contribution in [0.3, 0.4) is 0 Å². The molecule has 132 valence electrons. The lowest BCUT2D eigenvalue weighted by atomic mass is 10.2. The van der Waals surface area contributed by atoms with Crippen molar-refractivity contribution in [2.45, 2.75) is 6.92 Å². The number of rotatable bonds is 6. The van der Waals surface area contributed by atoms with Gasteiger partial charge in [-0.1, -0.05) is 6.07 Å². The first kappa shape index (κ1) is 18.3. The average Bonchev–Trinajstić information content (AvgIpc) is 2.54. The van der Waals surface area contributed by atoms with E-state index in [2.05, 4.69) is 10.2 Å². The first-order valence-electron chi connectivity index (χ1n) is 7.78.